The molecule has 2 heterocycles. The normalized spacial score (nSPS) is 13.8. The summed E-state index contributed by atoms with van der Waals surface area (Å²) in [5, 5.41) is 3.26. The summed E-state index contributed by atoms with van der Waals surface area (Å²) >= 11 is 0. The summed E-state index contributed by atoms with van der Waals surface area (Å²) < 4.78 is 6.67. The Morgan fingerprint density at radius 2 is 2.25 bits per heavy atom. The SMILES string of the molecule is COC(=O)c1ncn2c1CCNCC2.Cl.Cl. The Balaban J connectivity index is 0.00000112. The summed E-state index contributed by atoms with van der Waals surface area (Å²) in [5.41, 5.74) is 1.43. The molecule has 0 saturated carbocycles. The smallest absolute Gasteiger partial charge is 0.358 e. The number of fused-ring (bicyclic) bond motifs is 1. The Kier molecular flexibility index (Phi) is 6.40. The number of methoxy groups -OCH3 is 1. The molecule has 1 N–H and O–H groups in total. The molecule has 7 heteroatoms. The number of carbonyl (C=O) groups is 1. The number of nitrogens with one attached hydrogen (secondary N) is 1. The Bertz CT molecular complexity index is 355. The first-order chi connectivity index (χ1) is 6.83. The third kappa shape index (κ3) is 2.87. The lowest BCUT2D eigenvalue weighted by Crippen LogP contribution is -2.17. The molecular formula is C9H15Cl2N3O2. The highest BCUT2D eigenvalue weighted by molar-refractivity contribution is 5.88. The van der Waals surface area contributed by atoms with Crippen LogP contribution in [0, 0.1) is 0 Å². The highest BCUT2D eigenvalue weighted by Gasteiger charge is 2.19. The van der Waals surface area contributed by atoms with Gasteiger partial charge in [0.2, 0.25) is 0 Å². The second-order valence-corrected chi connectivity index (χ2v) is 3.22. The number of rotatable bonds is 1. The third-order valence-electron chi connectivity index (χ3n) is 2.39. The zero-order chi connectivity index (χ0) is 9.97. The Labute approximate surface area is 106 Å². The molecule has 92 valence electrons. The molecule has 0 saturated heterocycles. The van der Waals surface area contributed by atoms with E-state index < -0.39 is 0 Å². The highest BCUT2D eigenvalue weighted by atomic mass is 35.5. The number of halogens is 2. The molecular weight excluding hydrogens is 253 g/mol. The minimum absolute atomic E-state index is 0. The second kappa shape index (κ2) is 6.73. The van der Waals surface area contributed by atoms with E-state index in [1.54, 1.807) is 6.33 Å². The predicted octanol–water partition coefficient (Wildman–Crippen LogP) is 0.659. The van der Waals surface area contributed by atoms with Gasteiger partial charge in [-0.15, -0.1) is 24.8 Å². The largest absolute Gasteiger partial charge is 0.464 e. The molecule has 0 amide bonds. The van der Waals surface area contributed by atoms with Crippen molar-refractivity contribution in [1.82, 2.24) is 14.9 Å². The van der Waals surface area contributed by atoms with Crippen LogP contribution in [-0.4, -0.2) is 35.7 Å². The number of aromatic nitrogens is 2. The summed E-state index contributed by atoms with van der Waals surface area (Å²) in [6, 6.07) is 0. The molecule has 0 bridgehead atoms. The summed E-state index contributed by atoms with van der Waals surface area (Å²) in [4.78, 5) is 15.4. The molecule has 5 nitrogen and oxygen atoms in total. The first kappa shape index (κ1) is 15.2. The number of imidazole rings is 1. The van der Waals surface area contributed by atoms with E-state index in [4.69, 9.17) is 0 Å². The lowest BCUT2D eigenvalue weighted by molar-refractivity contribution is 0.0593. The molecule has 1 aromatic rings. The monoisotopic (exact) mass is 267 g/mol. The molecule has 0 fully saturated rings. The van der Waals surface area contributed by atoms with Crippen LogP contribution in [0.1, 0.15) is 16.2 Å². The topological polar surface area (TPSA) is 56.1 Å². The fraction of sp³-hybridized carbons (Fsp3) is 0.556. The standard InChI is InChI=1S/C9H13N3O2.2ClH/c1-14-9(13)8-7-2-3-10-4-5-12(7)6-11-8;;/h6,10H,2-5H2,1H3;2*1H. The van der Waals surface area contributed by atoms with Crippen LogP contribution in [0.25, 0.3) is 0 Å². The zero-order valence-corrected chi connectivity index (χ0v) is 10.6. The fourth-order valence-electron chi connectivity index (χ4n) is 1.66. The number of esters is 1. The summed E-state index contributed by atoms with van der Waals surface area (Å²) in [6.45, 7) is 2.67. The summed E-state index contributed by atoms with van der Waals surface area (Å²) in [6.07, 6.45) is 2.53. The summed E-state index contributed by atoms with van der Waals surface area (Å²) in [5.74, 6) is -0.347. The average Bonchev–Trinajstić information content (AvgIpc) is 2.46. The fourth-order valence-corrected chi connectivity index (χ4v) is 1.66. The maximum atomic E-state index is 11.3. The van der Waals surface area contributed by atoms with Crippen molar-refractivity contribution in [3.63, 3.8) is 0 Å². The molecule has 0 radical (unpaired) electrons. The maximum absolute atomic E-state index is 11.3. The van der Waals surface area contributed by atoms with E-state index in [1.807, 2.05) is 4.57 Å². The average molecular weight is 268 g/mol. The predicted molar refractivity (Wildman–Crippen MR) is 64.6 cm³/mol. The minimum Gasteiger partial charge on any atom is -0.464 e. The van der Waals surface area contributed by atoms with Crippen LogP contribution < -0.4 is 5.32 Å². The molecule has 0 spiro atoms. The molecule has 1 aliphatic rings. The van der Waals surface area contributed by atoms with Gasteiger partial charge >= 0.3 is 5.97 Å². The van der Waals surface area contributed by atoms with Gasteiger partial charge in [0.1, 0.15) is 0 Å². The Hall–Kier alpha value is -0.780. The van der Waals surface area contributed by atoms with Crippen molar-refractivity contribution in [3.8, 4) is 0 Å². The Morgan fingerprint density at radius 1 is 1.50 bits per heavy atom. The van der Waals surface area contributed by atoms with Crippen molar-refractivity contribution in [1.29, 1.82) is 0 Å². The van der Waals surface area contributed by atoms with E-state index in [0.29, 0.717) is 5.69 Å². The Morgan fingerprint density at radius 3 is 2.94 bits per heavy atom. The van der Waals surface area contributed by atoms with E-state index in [9.17, 15) is 4.79 Å². The summed E-state index contributed by atoms with van der Waals surface area (Å²) in [7, 11) is 1.38. The van der Waals surface area contributed by atoms with Crippen molar-refractivity contribution < 1.29 is 9.53 Å². The van der Waals surface area contributed by atoms with Crippen LogP contribution >= 0.6 is 24.8 Å². The zero-order valence-electron chi connectivity index (χ0n) is 8.93. The lowest BCUT2D eigenvalue weighted by atomic mass is 10.2. The number of ether oxygens (including phenoxy) is 1. The van der Waals surface area contributed by atoms with Crippen LogP contribution in [-0.2, 0) is 17.7 Å². The van der Waals surface area contributed by atoms with Gasteiger partial charge in [-0.1, -0.05) is 0 Å². The maximum Gasteiger partial charge on any atom is 0.358 e. The van der Waals surface area contributed by atoms with Gasteiger partial charge in [-0.3, -0.25) is 0 Å². The van der Waals surface area contributed by atoms with Crippen LogP contribution in [0.4, 0.5) is 0 Å². The molecule has 0 aromatic carbocycles. The van der Waals surface area contributed by atoms with E-state index >= 15 is 0 Å². The molecule has 0 atom stereocenters. The van der Waals surface area contributed by atoms with Gasteiger partial charge in [-0.05, 0) is 0 Å². The van der Waals surface area contributed by atoms with Crippen LogP contribution in [0.3, 0.4) is 0 Å². The molecule has 0 aliphatic carbocycles. The van der Waals surface area contributed by atoms with Crippen molar-refractivity contribution in [2.45, 2.75) is 13.0 Å². The van der Waals surface area contributed by atoms with Crippen molar-refractivity contribution in [3.05, 3.63) is 17.7 Å². The van der Waals surface area contributed by atoms with Gasteiger partial charge in [-0.25, -0.2) is 9.78 Å². The van der Waals surface area contributed by atoms with E-state index in [2.05, 4.69) is 15.0 Å². The van der Waals surface area contributed by atoms with Gasteiger partial charge in [0.05, 0.1) is 19.1 Å². The molecule has 1 aliphatic heterocycles. The van der Waals surface area contributed by atoms with E-state index in [0.717, 1.165) is 31.7 Å². The number of carbonyl (C=O) groups excluding carboxylic acids is 1. The number of nitrogens with zero attached hydrogens (tertiary/aromatic N) is 2. The van der Waals surface area contributed by atoms with Gasteiger partial charge < -0.3 is 14.6 Å². The van der Waals surface area contributed by atoms with E-state index in [1.165, 1.54) is 7.11 Å². The first-order valence-corrected chi connectivity index (χ1v) is 4.66. The number of hydrogen-bond donors (Lipinski definition) is 1. The van der Waals surface area contributed by atoms with E-state index in [-0.39, 0.29) is 30.8 Å². The van der Waals surface area contributed by atoms with Gasteiger partial charge in [-0.2, -0.15) is 0 Å². The van der Waals surface area contributed by atoms with Crippen molar-refractivity contribution in [2.24, 2.45) is 0 Å². The second-order valence-electron chi connectivity index (χ2n) is 3.22. The molecule has 16 heavy (non-hydrogen) atoms. The third-order valence-corrected chi connectivity index (χ3v) is 2.39. The number of hydrogen-bond acceptors (Lipinski definition) is 4. The van der Waals surface area contributed by atoms with Gasteiger partial charge in [0.25, 0.3) is 0 Å². The highest BCUT2D eigenvalue weighted by Crippen LogP contribution is 2.11. The minimum atomic E-state index is -0.347. The first-order valence-electron chi connectivity index (χ1n) is 4.66. The molecule has 0 unspecified atom stereocenters. The lowest BCUT2D eigenvalue weighted by Gasteiger charge is -2.02. The van der Waals surface area contributed by atoms with Crippen LogP contribution in [0.5, 0.6) is 0 Å². The van der Waals surface area contributed by atoms with Gasteiger partial charge in [0.15, 0.2) is 5.69 Å². The van der Waals surface area contributed by atoms with Crippen molar-refractivity contribution in [2.75, 3.05) is 20.2 Å². The van der Waals surface area contributed by atoms with Gasteiger partial charge in [0, 0.05) is 26.1 Å². The molecule has 2 rings (SSSR count). The molecule has 1 aromatic heterocycles. The van der Waals surface area contributed by atoms with Crippen molar-refractivity contribution >= 4 is 30.8 Å². The van der Waals surface area contributed by atoms with Crippen LogP contribution in [0.15, 0.2) is 6.33 Å². The quantitative estimate of drug-likeness (QED) is 0.760. The van der Waals surface area contributed by atoms with Crippen LogP contribution in [0.2, 0.25) is 0 Å².